The van der Waals surface area contributed by atoms with Gasteiger partial charge in [0.2, 0.25) is 11.8 Å². The zero-order valence-corrected chi connectivity index (χ0v) is 18.2. The molecule has 6 heteroatoms. The Morgan fingerprint density at radius 1 is 0.933 bits per heavy atom. The Balaban J connectivity index is 1.40. The number of likely N-dealkylation sites (N-methyl/N-ethyl adjacent to an activating group) is 1. The van der Waals surface area contributed by atoms with Gasteiger partial charge >= 0.3 is 0 Å². The smallest absolute Gasteiger partial charge is 0.238 e. The van der Waals surface area contributed by atoms with Gasteiger partial charge in [-0.05, 0) is 44.2 Å². The molecule has 1 fully saturated rings. The molecule has 0 unspecified atom stereocenters. The lowest BCUT2D eigenvalue weighted by molar-refractivity contribution is -0.134. The van der Waals surface area contributed by atoms with Crippen molar-refractivity contribution in [2.24, 2.45) is 0 Å². The van der Waals surface area contributed by atoms with Crippen LogP contribution in [0.4, 0.5) is 5.69 Å². The van der Waals surface area contributed by atoms with Gasteiger partial charge in [0.15, 0.2) is 0 Å². The summed E-state index contributed by atoms with van der Waals surface area (Å²) in [5.41, 5.74) is 4.57. The highest BCUT2D eigenvalue weighted by atomic mass is 16.2. The Labute approximate surface area is 179 Å². The van der Waals surface area contributed by atoms with E-state index in [4.69, 9.17) is 0 Å². The predicted octanol–water partition coefficient (Wildman–Crippen LogP) is 2.52. The fraction of sp³-hybridized carbons (Fsp3) is 0.417. The van der Waals surface area contributed by atoms with E-state index in [9.17, 15) is 9.59 Å². The van der Waals surface area contributed by atoms with Crippen molar-refractivity contribution in [3.05, 3.63) is 65.2 Å². The second-order valence-corrected chi connectivity index (χ2v) is 8.17. The molecule has 2 amide bonds. The molecule has 30 heavy (non-hydrogen) atoms. The fourth-order valence-corrected chi connectivity index (χ4v) is 3.65. The third-order valence-electron chi connectivity index (χ3n) is 5.53. The lowest BCUT2D eigenvalue weighted by Gasteiger charge is -2.35. The highest BCUT2D eigenvalue weighted by molar-refractivity contribution is 5.92. The number of piperazine rings is 1. The van der Waals surface area contributed by atoms with Crippen LogP contribution in [-0.2, 0) is 16.1 Å². The van der Waals surface area contributed by atoms with E-state index in [2.05, 4.69) is 41.4 Å². The van der Waals surface area contributed by atoms with Crippen LogP contribution in [0.2, 0.25) is 0 Å². The lowest BCUT2D eigenvalue weighted by atomic mass is 10.1. The van der Waals surface area contributed by atoms with Gasteiger partial charge in [-0.2, -0.15) is 0 Å². The van der Waals surface area contributed by atoms with E-state index < -0.39 is 0 Å². The molecule has 1 saturated heterocycles. The van der Waals surface area contributed by atoms with Crippen LogP contribution >= 0.6 is 0 Å². The first-order valence-corrected chi connectivity index (χ1v) is 10.5. The van der Waals surface area contributed by atoms with Crippen LogP contribution < -0.4 is 5.32 Å². The SMILES string of the molecule is Cc1ccc(NC(=O)CN(C)CC(=O)N2CCN(Cc3ccccc3C)CC2)cc1. The standard InChI is InChI=1S/C24H32N4O2/c1-19-8-10-22(11-9-19)25-23(29)17-26(3)18-24(30)28-14-12-27(13-15-28)16-21-7-5-4-6-20(21)2/h4-11H,12-18H2,1-3H3,(H,25,29). The van der Waals surface area contributed by atoms with Gasteiger partial charge in [0.25, 0.3) is 0 Å². The van der Waals surface area contributed by atoms with Gasteiger partial charge in [-0.15, -0.1) is 0 Å². The van der Waals surface area contributed by atoms with E-state index in [1.54, 1.807) is 11.9 Å². The Morgan fingerprint density at radius 3 is 2.27 bits per heavy atom. The summed E-state index contributed by atoms with van der Waals surface area (Å²) in [6.07, 6.45) is 0. The van der Waals surface area contributed by atoms with Crippen molar-refractivity contribution in [2.75, 3.05) is 51.6 Å². The van der Waals surface area contributed by atoms with Crippen LogP contribution in [0.3, 0.4) is 0 Å². The Morgan fingerprint density at radius 2 is 1.60 bits per heavy atom. The number of anilines is 1. The summed E-state index contributed by atoms with van der Waals surface area (Å²) in [5.74, 6) is -0.0339. The van der Waals surface area contributed by atoms with Gasteiger partial charge in [-0.1, -0.05) is 42.0 Å². The molecule has 2 aromatic carbocycles. The van der Waals surface area contributed by atoms with E-state index >= 15 is 0 Å². The number of hydrogen-bond acceptors (Lipinski definition) is 4. The molecule has 2 aromatic rings. The molecule has 0 saturated carbocycles. The molecule has 6 nitrogen and oxygen atoms in total. The van der Waals surface area contributed by atoms with Crippen molar-refractivity contribution in [2.45, 2.75) is 20.4 Å². The fourth-order valence-electron chi connectivity index (χ4n) is 3.65. The molecule has 0 bridgehead atoms. The zero-order valence-electron chi connectivity index (χ0n) is 18.2. The van der Waals surface area contributed by atoms with Crippen molar-refractivity contribution >= 4 is 17.5 Å². The highest BCUT2D eigenvalue weighted by Gasteiger charge is 2.22. The molecule has 160 valence electrons. The molecule has 1 heterocycles. The number of amides is 2. The third kappa shape index (κ3) is 6.40. The minimum absolute atomic E-state index is 0.0798. The highest BCUT2D eigenvalue weighted by Crippen LogP contribution is 2.13. The van der Waals surface area contributed by atoms with Crippen molar-refractivity contribution in [3.8, 4) is 0 Å². The van der Waals surface area contributed by atoms with Crippen LogP contribution in [0.1, 0.15) is 16.7 Å². The van der Waals surface area contributed by atoms with Crippen LogP contribution in [0.25, 0.3) is 0 Å². The van der Waals surface area contributed by atoms with Crippen molar-refractivity contribution in [1.29, 1.82) is 0 Å². The monoisotopic (exact) mass is 408 g/mol. The minimum atomic E-state index is -0.114. The first-order valence-electron chi connectivity index (χ1n) is 10.5. The van der Waals surface area contributed by atoms with E-state index in [1.807, 2.05) is 36.1 Å². The lowest BCUT2D eigenvalue weighted by Crippen LogP contribution is -2.51. The van der Waals surface area contributed by atoms with Crippen molar-refractivity contribution < 1.29 is 9.59 Å². The molecule has 1 aliphatic heterocycles. The largest absolute Gasteiger partial charge is 0.339 e. The van der Waals surface area contributed by atoms with E-state index in [-0.39, 0.29) is 24.9 Å². The van der Waals surface area contributed by atoms with Crippen molar-refractivity contribution in [3.63, 3.8) is 0 Å². The molecule has 0 aromatic heterocycles. The van der Waals surface area contributed by atoms with Crippen LogP contribution in [-0.4, -0.2) is 72.8 Å². The minimum Gasteiger partial charge on any atom is -0.339 e. The van der Waals surface area contributed by atoms with E-state index in [0.717, 1.165) is 44.0 Å². The third-order valence-corrected chi connectivity index (χ3v) is 5.53. The second-order valence-electron chi connectivity index (χ2n) is 8.17. The topological polar surface area (TPSA) is 55.9 Å². The summed E-state index contributed by atoms with van der Waals surface area (Å²) in [5, 5.41) is 2.87. The number of hydrogen-bond donors (Lipinski definition) is 1. The Kier molecular flexibility index (Phi) is 7.60. The zero-order chi connectivity index (χ0) is 21.5. The Bertz CT molecular complexity index is 858. The quantitative estimate of drug-likeness (QED) is 0.765. The van der Waals surface area contributed by atoms with Crippen LogP contribution in [0, 0.1) is 13.8 Å². The molecule has 1 N–H and O–H groups in total. The average molecular weight is 409 g/mol. The number of benzene rings is 2. The van der Waals surface area contributed by atoms with Crippen LogP contribution in [0.15, 0.2) is 48.5 Å². The molecule has 0 aliphatic carbocycles. The molecule has 1 aliphatic rings. The van der Waals surface area contributed by atoms with E-state index in [1.165, 1.54) is 11.1 Å². The number of aryl methyl sites for hydroxylation is 2. The average Bonchev–Trinajstić information content (AvgIpc) is 2.72. The number of rotatable bonds is 7. The van der Waals surface area contributed by atoms with Gasteiger partial charge in [-0.25, -0.2) is 0 Å². The van der Waals surface area contributed by atoms with E-state index in [0.29, 0.717) is 0 Å². The van der Waals surface area contributed by atoms with Gasteiger partial charge in [0.05, 0.1) is 13.1 Å². The normalized spacial score (nSPS) is 14.7. The summed E-state index contributed by atoms with van der Waals surface area (Å²) in [7, 11) is 1.81. The predicted molar refractivity (Wildman–Crippen MR) is 120 cm³/mol. The number of carbonyl (C=O) groups is 2. The molecule has 0 radical (unpaired) electrons. The number of nitrogens with zero attached hydrogens (tertiary/aromatic N) is 3. The first kappa shape index (κ1) is 22.0. The maximum atomic E-state index is 12.6. The maximum absolute atomic E-state index is 12.6. The van der Waals surface area contributed by atoms with Gasteiger partial charge in [0, 0.05) is 38.4 Å². The van der Waals surface area contributed by atoms with Crippen LogP contribution in [0.5, 0.6) is 0 Å². The maximum Gasteiger partial charge on any atom is 0.238 e. The van der Waals surface area contributed by atoms with Crippen molar-refractivity contribution in [1.82, 2.24) is 14.7 Å². The second kappa shape index (κ2) is 10.4. The molecule has 0 atom stereocenters. The van der Waals surface area contributed by atoms with Gasteiger partial charge in [-0.3, -0.25) is 19.4 Å². The number of carbonyl (C=O) groups excluding carboxylic acids is 2. The Hall–Kier alpha value is -2.70. The first-order chi connectivity index (χ1) is 14.4. The number of nitrogens with one attached hydrogen (secondary N) is 1. The molecular formula is C24H32N4O2. The summed E-state index contributed by atoms with van der Waals surface area (Å²) in [6.45, 7) is 8.71. The summed E-state index contributed by atoms with van der Waals surface area (Å²) in [4.78, 5) is 30.9. The molecular weight excluding hydrogens is 376 g/mol. The summed E-state index contributed by atoms with van der Waals surface area (Å²) >= 11 is 0. The molecule has 3 rings (SSSR count). The van der Waals surface area contributed by atoms with Gasteiger partial charge < -0.3 is 10.2 Å². The summed E-state index contributed by atoms with van der Waals surface area (Å²) in [6, 6.07) is 16.1. The summed E-state index contributed by atoms with van der Waals surface area (Å²) < 4.78 is 0. The molecule has 0 spiro atoms. The van der Waals surface area contributed by atoms with Gasteiger partial charge in [0.1, 0.15) is 0 Å².